The lowest BCUT2D eigenvalue weighted by atomic mass is 10.2. The van der Waals surface area contributed by atoms with Gasteiger partial charge in [-0.25, -0.2) is 0 Å². The Morgan fingerprint density at radius 3 is 1.62 bits per heavy atom. The predicted molar refractivity (Wildman–Crippen MR) is 124 cm³/mol. The highest BCUT2D eigenvalue weighted by Crippen LogP contribution is 2.18. The third-order valence-corrected chi connectivity index (χ3v) is 5.06. The predicted octanol–water partition coefficient (Wildman–Crippen LogP) is 7.61. The second-order valence-electron chi connectivity index (χ2n) is 7.69. The second-order valence-corrected chi connectivity index (χ2v) is 7.69. The van der Waals surface area contributed by atoms with E-state index in [9.17, 15) is 0 Å². The largest absolute Gasteiger partial charge is 0.494 e. The summed E-state index contributed by atoms with van der Waals surface area (Å²) in [4.78, 5) is 0. The number of benzene rings is 2. The molecule has 160 valence electrons. The van der Waals surface area contributed by atoms with Crippen LogP contribution in [-0.4, -0.2) is 13.2 Å². The summed E-state index contributed by atoms with van der Waals surface area (Å²) in [7, 11) is 0. The molecule has 0 atom stereocenters. The fraction of sp³-hybridized carbons (Fsp3) is 0.538. The topological polar surface area (TPSA) is 30.5 Å². The lowest BCUT2D eigenvalue weighted by Gasteiger charge is -2.10. The Hall–Kier alpha value is -2.16. The number of hydrogen-bond donors (Lipinski definition) is 1. The summed E-state index contributed by atoms with van der Waals surface area (Å²) in [6.45, 7) is 6.89. The van der Waals surface area contributed by atoms with E-state index in [0.29, 0.717) is 0 Å². The van der Waals surface area contributed by atoms with Gasteiger partial charge >= 0.3 is 0 Å². The van der Waals surface area contributed by atoms with Crippen molar-refractivity contribution in [3.8, 4) is 11.5 Å². The van der Waals surface area contributed by atoms with Crippen LogP contribution >= 0.6 is 0 Å². The van der Waals surface area contributed by atoms with Gasteiger partial charge < -0.3 is 14.8 Å². The van der Waals surface area contributed by atoms with Gasteiger partial charge in [0.05, 0.1) is 13.2 Å². The molecule has 0 radical (unpaired) electrons. The van der Waals surface area contributed by atoms with E-state index in [-0.39, 0.29) is 0 Å². The van der Waals surface area contributed by atoms with E-state index < -0.39 is 0 Å². The van der Waals surface area contributed by atoms with Crippen molar-refractivity contribution in [3.05, 3.63) is 54.1 Å². The van der Waals surface area contributed by atoms with E-state index in [1.165, 1.54) is 50.5 Å². The third kappa shape index (κ3) is 10.3. The van der Waals surface area contributed by atoms with Gasteiger partial charge in [-0.3, -0.25) is 0 Å². The number of unbranched alkanes of at least 4 members (excludes halogenated alkanes) is 7. The maximum Gasteiger partial charge on any atom is 0.119 e. The third-order valence-electron chi connectivity index (χ3n) is 5.06. The van der Waals surface area contributed by atoms with Gasteiger partial charge in [0.15, 0.2) is 0 Å². The van der Waals surface area contributed by atoms with Crippen molar-refractivity contribution in [1.29, 1.82) is 0 Å². The van der Waals surface area contributed by atoms with E-state index in [1.54, 1.807) is 0 Å². The standard InChI is InChI=1S/C26H39NO2/c1-3-5-7-9-11-21-28-25-16-12-23(13-17-25)22-27-24-14-18-26(19-15-24)29-20-10-8-6-4-2/h12-19,27H,3-11,20-22H2,1-2H3. The summed E-state index contributed by atoms with van der Waals surface area (Å²) in [5.41, 5.74) is 2.35. The maximum atomic E-state index is 5.84. The van der Waals surface area contributed by atoms with E-state index in [1.807, 2.05) is 12.1 Å². The first kappa shape index (κ1) is 23.1. The molecule has 0 fully saturated rings. The number of hydrogen-bond acceptors (Lipinski definition) is 3. The molecule has 0 spiro atoms. The molecule has 0 aliphatic rings. The summed E-state index contributed by atoms with van der Waals surface area (Å²) >= 11 is 0. The van der Waals surface area contributed by atoms with Crippen molar-refractivity contribution in [2.24, 2.45) is 0 Å². The molecule has 1 N–H and O–H groups in total. The van der Waals surface area contributed by atoms with Crippen molar-refractivity contribution in [2.75, 3.05) is 18.5 Å². The minimum atomic E-state index is 0.800. The average molecular weight is 398 g/mol. The number of ether oxygens (including phenoxy) is 2. The smallest absolute Gasteiger partial charge is 0.119 e. The summed E-state index contributed by atoms with van der Waals surface area (Å²) < 4.78 is 11.6. The summed E-state index contributed by atoms with van der Waals surface area (Å²) in [6.07, 6.45) is 11.3. The van der Waals surface area contributed by atoms with Gasteiger partial charge in [-0.05, 0) is 54.8 Å². The molecule has 3 nitrogen and oxygen atoms in total. The van der Waals surface area contributed by atoms with Gasteiger partial charge in [0.2, 0.25) is 0 Å². The molecule has 0 aromatic heterocycles. The molecule has 0 saturated heterocycles. The molecule has 0 aliphatic carbocycles. The zero-order valence-electron chi connectivity index (χ0n) is 18.4. The van der Waals surface area contributed by atoms with Crippen LogP contribution in [0, 0.1) is 0 Å². The molecular formula is C26H39NO2. The van der Waals surface area contributed by atoms with E-state index in [0.717, 1.165) is 49.8 Å². The fourth-order valence-electron chi connectivity index (χ4n) is 3.19. The molecule has 0 amide bonds. The van der Waals surface area contributed by atoms with Crippen molar-refractivity contribution in [2.45, 2.75) is 78.2 Å². The molecule has 0 bridgehead atoms. The van der Waals surface area contributed by atoms with Crippen LogP contribution in [0.2, 0.25) is 0 Å². The highest BCUT2D eigenvalue weighted by Gasteiger charge is 1.99. The highest BCUT2D eigenvalue weighted by molar-refractivity contribution is 5.47. The summed E-state index contributed by atoms with van der Waals surface area (Å²) in [6, 6.07) is 16.6. The zero-order chi connectivity index (χ0) is 20.6. The maximum absolute atomic E-state index is 5.84. The van der Waals surface area contributed by atoms with Crippen LogP contribution in [0.5, 0.6) is 11.5 Å². The number of nitrogens with one attached hydrogen (secondary N) is 1. The van der Waals surface area contributed by atoms with Crippen LogP contribution in [0.3, 0.4) is 0 Å². The molecule has 0 saturated carbocycles. The zero-order valence-corrected chi connectivity index (χ0v) is 18.4. The first-order chi connectivity index (χ1) is 14.3. The lowest BCUT2D eigenvalue weighted by molar-refractivity contribution is 0.304. The van der Waals surface area contributed by atoms with E-state index in [2.05, 4.69) is 55.6 Å². The molecule has 0 unspecified atom stereocenters. The van der Waals surface area contributed by atoms with Gasteiger partial charge in [-0.1, -0.05) is 70.9 Å². The summed E-state index contributed by atoms with van der Waals surface area (Å²) in [5.74, 6) is 1.91. The Morgan fingerprint density at radius 1 is 0.586 bits per heavy atom. The molecule has 2 aromatic rings. The minimum absolute atomic E-state index is 0.800. The van der Waals surface area contributed by atoms with Gasteiger partial charge in [0.1, 0.15) is 11.5 Å². The molecule has 3 heteroatoms. The monoisotopic (exact) mass is 397 g/mol. The molecule has 29 heavy (non-hydrogen) atoms. The van der Waals surface area contributed by atoms with Crippen LogP contribution in [0.15, 0.2) is 48.5 Å². The average Bonchev–Trinajstić information content (AvgIpc) is 2.76. The second kappa shape index (κ2) is 14.8. The van der Waals surface area contributed by atoms with Crippen LogP contribution in [0.4, 0.5) is 5.69 Å². The lowest BCUT2D eigenvalue weighted by Crippen LogP contribution is -2.01. The number of rotatable bonds is 16. The van der Waals surface area contributed by atoms with Gasteiger partial charge in [0, 0.05) is 12.2 Å². The minimum Gasteiger partial charge on any atom is -0.494 e. The van der Waals surface area contributed by atoms with Crippen molar-refractivity contribution in [1.82, 2.24) is 0 Å². The van der Waals surface area contributed by atoms with E-state index >= 15 is 0 Å². The molecule has 2 aromatic carbocycles. The first-order valence-electron chi connectivity index (χ1n) is 11.5. The number of anilines is 1. The highest BCUT2D eigenvalue weighted by atomic mass is 16.5. The van der Waals surface area contributed by atoms with Crippen LogP contribution in [-0.2, 0) is 6.54 Å². The first-order valence-corrected chi connectivity index (χ1v) is 11.5. The molecule has 2 rings (SSSR count). The van der Waals surface area contributed by atoms with Crippen LogP contribution in [0.25, 0.3) is 0 Å². The Labute approximate surface area is 177 Å². The van der Waals surface area contributed by atoms with Crippen molar-refractivity contribution < 1.29 is 9.47 Å². The van der Waals surface area contributed by atoms with Gasteiger partial charge in [-0.2, -0.15) is 0 Å². The van der Waals surface area contributed by atoms with Crippen LogP contribution < -0.4 is 14.8 Å². The Morgan fingerprint density at radius 2 is 1.07 bits per heavy atom. The molecule has 0 aliphatic heterocycles. The van der Waals surface area contributed by atoms with Crippen molar-refractivity contribution >= 4 is 5.69 Å². The van der Waals surface area contributed by atoms with Crippen molar-refractivity contribution in [3.63, 3.8) is 0 Å². The van der Waals surface area contributed by atoms with Gasteiger partial charge in [0.25, 0.3) is 0 Å². The SMILES string of the molecule is CCCCCCCOc1ccc(CNc2ccc(OCCCCCC)cc2)cc1. The fourth-order valence-corrected chi connectivity index (χ4v) is 3.19. The van der Waals surface area contributed by atoms with Gasteiger partial charge in [-0.15, -0.1) is 0 Å². The Kier molecular flexibility index (Phi) is 11.8. The summed E-state index contributed by atoms with van der Waals surface area (Å²) in [5, 5.41) is 3.47. The molecular weight excluding hydrogens is 358 g/mol. The Balaban J connectivity index is 1.63. The van der Waals surface area contributed by atoms with E-state index in [4.69, 9.17) is 9.47 Å². The quantitative estimate of drug-likeness (QED) is 0.296. The molecule has 0 heterocycles. The van der Waals surface area contributed by atoms with Crippen LogP contribution in [0.1, 0.15) is 77.2 Å². The normalized spacial score (nSPS) is 10.7. The Bertz CT molecular complexity index is 637.